The molecule has 1 saturated heterocycles. The van der Waals surface area contributed by atoms with Crippen LogP contribution in [0, 0.1) is 5.82 Å². The van der Waals surface area contributed by atoms with E-state index in [0.717, 1.165) is 31.3 Å². The van der Waals surface area contributed by atoms with E-state index in [-0.39, 0.29) is 5.82 Å². The smallest absolute Gasteiger partial charge is 0.205 e. The minimum absolute atomic E-state index is 0.193. The third-order valence-corrected chi connectivity index (χ3v) is 3.97. The van der Waals surface area contributed by atoms with Crippen LogP contribution in [0.2, 0.25) is 0 Å². The summed E-state index contributed by atoms with van der Waals surface area (Å²) in [7, 11) is 0. The normalized spacial score (nSPS) is 15.7. The Kier molecular flexibility index (Phi) is 3.70. The minimum Gasteiger partial charge on any atom is -0.344 e. The van der Waals surface area contributed by atoms with Gasteiger partial charge in [0.2, 0.25) is 5.13 Å². The molecule has 0 saturated carbocycles. The van der Waals surface area contributed by atoms with Crippen molar-refractivity contribution in [2.24, 2.45) is 0 Å². The molecule has 1 N–H and O–H groups in total. The summed E-state index contributed by atoms with van der Waals surface area (Å²) >= 11 is 1.40. The second-order valence-corrected chi connectivity index (χ2v) is 5.23. The first kappa shape index (κ1) is 12.5. The first-order valence-electron chi connectivity index (χ1n) is 6.34. The van der Waals surface area contributed by atoms with Gasteiger partial charge in [-0.05, 0) is 11.6 Å². The molecule has 0 unspecified atom stereocenters. The Labute approximate surface area is 115 Å². The summed E-state index contributed by atoms with van der Waals surface area (Å²) < 4.78 is 17.9. The quantitative estimate of drug-likeness (QED) is 0.927. The van der Waals surface area contributed by atoms with Crippen molar-refractivity contribution >= 4 is 16.7 Å². The first-order valence-corrected chi connectivity index (χ1v) is 7.12. The van der Waals surface area contributed by atoms with Gasteiger partial charge in [0.15, 0.2) is 0 Å². The Morgan fingerprint density at radius 1 is 1.26 bits per heavy atom. The molecule has 1 aliphatic rings. The highest BCUT2D eigenvalue weighted by atomic mass is 32.1. The van der Waals surface area contributed by atoms with Gasteiger partial charge >= 0.3 is 0 Å². The molecule has 1 aromatic heterocycles. The van der Waals surface area contributed by atoms with Crippen molar-refractivity contribution in [3.05, 3.63) is 41.5 Å². The van der Waals surface area contributed by atoms with Crippen LogP contribution in [0.15, 0.2) is 24.3 Å². The molecule has 19 heavy (non-hydrogen) atoms. The average molecular weight is 278 g/mol. The molecule has 2 heterocycles. The lowest BCUT2D eigenvalue weighted by Gasteiger charge is -2.26. The third-order valence-electron chi connectivity index (χ3n) is 3.15. The number of halogens is 1. The Balaban J connectivity index is 1.73. The van der Waals surface area contributed by atoms with Crippen molar-refractivity contribution in [2.45, 2.75) is 6.42 Å². The van der Waals surface area contributed by atoms with Gasteiger partial charge in [-0.15, -0.1) is 0 Å². The highest BCUT2D eigenvalue weighted by Gasteiger charge is 2.15. The van der Waals surface area contributed by atoms with Crippen LogP contribution in [0.1, 0.15) is 11.4 Å². The van der Waals surface area contributed by atoms with Crippen molar-refractivity contribution in [3.8, 4) is 0 Å². The molecular formula is C13H15FN4S. The standard InChI is InChI=1S/C13H15FN4S/c14-11-4-2-1-3-10(11)9-12-16-13(19-17-12)18-7-5-15-6-8-18/h1-4,15H,5-9H2. The van der Waals surface area contributed by atoms with Crippen LogP contribution < -0.4 is 10.2 Å². The number of aromatic nitrogens is 2. The van der Waals surface area contributed by atoms with Gasteiger partial charge in [0.05, 0.1) is 0 Å². The highest BCUT2D eigenvalue weighted by molar-refractivity contribution is 7.09. The molecule has 4 nitrogen and oxygen atoms in total. The Morgan fingerprint density at radius 2 is 2.05 bits per heavy atom. The molecule has 0 aliphatic carbocycles. The number of rotatable bonds is 3. The van der Waals surface area contributed by atoms with E-state index in [4.69, 9.17) is 0 Å². The van der Waals surface area contributed by atoms with Crippen molar-refractivity contribution in [3.63, 3.8) is 0 Å². The van der Waals surface area contributed by atoms with Gasteiger partial charge in [0, 0.05) is 44.1 Å². The molecule has 3 rings (SSSR count). The van der Waals surface area contributed by atoms with Crippen LogP contribution in [0.4, 0.5) is 9.52 Å². The van der Waals surface area contributed by atoms with Crippen molar-refractivity contribution in [1.29, 1.82) is 0 Å². The summed E-state index contributed by atoms with van der Waals surface area (Å²) in [4.78, 5) is 6.73. The fourth-order valence-electron chi connectivity index (χ4n) is 2.11. The van der Waals surface area contributed by atoms with Crippen molar-refractivity contribution in [1.82, 2.24) is 14.7 Å². The average Bonchev–Trinajstić information content (AvgIpc) is 2.91. The number of piperazine rings is 1. The molecule has 0 atom stereocenters. The zero-order valence-corrected chi connectivity index (χ0v) is 11.3. The number of nitrogens with one attached hydrogen (secondary N) is 1. The molecular weight excluding hydrogens is 263 g/mol. The number of nitrogens with zero attached hydrogens (tertiary/aromatic N) is 3. The van der Waals surface area contributed by atoms with Gasteiger partial charge in [-0.2, -0.15) is 4.37 Å². The van der Waals surface area contributed by atoms with Gasteiger partial charge in [-0.3, -0.25) is 0 Å². The van der Waals surface area contributed by atoms with Gasteiger partial charge in [0.25, 0.3) is 0 Å². The molecule has 0 radical (unpaired) electrons. The molecule has 2 aromatic rings. The zero-order chi connectivity index (χ0) is 13.1. The van der Waals surface area contributed by atoms with Gasteiger partial charge in [-0.25, -0.2) is 9.37 Å². The van der Waals surface area contributed by atoms with Crippen LogP contribution in [-0.2, 0) is 6.42 Å². The lowest BCUT2D eigenvalue weighted by atomic mass is 10.1. The SMILES string of the molecule is Fc1ccccc1Cc1nsc(N2CCNCC2)n1. The van der Waals surface area contributed by atoms with E-state index in [0.29, 0.717) is 17.8 Å². The first-order chi connectivity index (χ1) is 9.33. The predicted octanol–water partition coefficient (Wildman–Crippen LogP) is 1.68. The second kappa shape index (κ2) is 5.63. The van der Waals surface area contributed by atoms with Crippen LogP contribution in [0.5, 0.6) is 0 Å². The van der Waals surface area contributed by atoms with E-state index in [9.17, 15) is 4.39 Å². The van der Waals surface area contributed by atoms with Gasteiger partial charge in [0.1, 0.15) is 11.6 Å². The molecule has 1 aromatic carbocycles. The monoisotopic (exact) mass is 278 g/mol. The molecule has 1 aliphatic heterocycles. The lowest BCUT2D eigenvalue weighted by Crippen LogP contribution is -2.43. The molecule has 1 fully saturated rings. The van der Waals surface area contributed by atoms with Crippen LogP contribution >= 0.6 is 11.5 Å². The van der Waals surface area contributed by atoms with E-state index >= 15 is 0 Å². The molecule has 0 spiro atoms. The van der Waals surface area contributed by atoms with E-state index in [1.807, 2.05) is 6.07 Å². The number of hydrogen-bond donors (Lipinski definition) is 1. The molecule has 6 heteroatoms. The van der Waals surface area contributed by atoms with E-state index in [1.165, 1.54) is 17.6 Å². The summed E-state index contributed by atoms with van der Waals surface area (Å²) in [6.45, 7) is 3.85. The molecule has 0 bridgehead atoms. The van der Waals surface area contributed by atoms with Crippen LogP contribution in [0.3, 0.4) is 0 Å². The summed E-state index contributed by atoms with van der Waals surface area (Å²) in [5, 5.41) is 4.24. The van der Waals surface area contributed by atoms with Crippen molar-refractivity contribution in [2.75, 3.05) is 31.1 Å². The second-order valence-electron chi connectivity index (χ2n) is 4.50. The highest BCUT2D eigenvalue weighted by Crippen LogP contribution is 2.19. The van der Waals surface area contributed by atoms with Crippen LogP contribution in [0.25, 0.3) is 0 Å². The zero-order valence-electron chi connectivity index (χ0n) is 10.5. The summed E-state index contributed by atoms with van der Waals surface area (Å²) in [5.41, 5.74) is 0.646. The third kappa shape index (κ3) is 2.90. The van der Waals surface area contributed by atoms with Crippen LogP contribution in [-0.4, -0.2) is 35.5 Å². The van der Waals surface area contributed by atoms with Gasteiger partial charge < -0.3 is 10.2 Å². The van der Waals surface area contributed by atoms with E-state index in [1.54, 1.807) is 12.1 Å². The van der Waals surface area contributed by atoms with Gasteiger partial charge in [-0.1, -0.05) is 18.2 Å². The van der Waals surface area contributed by atoms with E-state index < -0.39 is 0 Å². The lowest BCUT2D eigenvalue weighted by molar-refractivity contribution is 0.587. The maximum absolute atomic E-state index is 13.6. The maximum Gasteiger partial charge on any atom is 0.205 e. The van der Waals surface area contributed by atoms with Crippen molar-refractivity contribution < 1.29 is 4.39 Å². The fourth-order valence-corrected chi connectivity index (χ4v) is 2.85. The summed E-state index contributed by atoms with van der Waals surface area (Å²) in [6.07, 6.45) is 0.454. The maximum atomic E-state index is 13.6. The number of hydrogen-bond acceptors (Lipinski definition) is 5. The number of anilines is 1. The number of benzene rings is 1. The summed E-state index contributed by atoms with van der Waals surface area (Å²) in [5.74, 6) is 0.504. The Morgan fingerprint density at radius 3 is 2.84 bits per heavy atom. The Hall–Kier alpha value is -1.53. The Bertz CT molecular complexity index is 551. The molecule has 0 amide bonds. The predicted molar refractivity (Wildman–Crippen MR) is 74.2 cm³/mol. The largest absolute Gasteiger partial charge is 0.344 e. The van der Waals surface area contributed by atoms with E-state index in [2.05, 4.69) is 19.6 Å². The fraction of sp³-hybridized carbons (Fsp3) is 0.385. The summed E-state index contributed by atoms with van der Waals surface area (Å²) in [6, 6.07) is 6.78. The minimum atomic E-state index is -0.193. The molecule has 100 valence electrons. The topological polar surface area (TPSA) is 41.1 Å².